The lowest BCUT2D eigenvalue weighted by atomic mass is 10.0. The molecule has 158 valence electrons. The van der Waals surface area contributed by atoms with Crippen molar-refractivity contribution in [1.29, 1.82) is 0 Å². The summed E-state index contributed by atoms with van der Waals surface area (Å²) in [5.74, 6) is -5.85. The van der Waals surface area contributed by atoms with E-state index in [0.717, 1.165) is 18.3 Å². The summed E-state index contributed by atoms with van der Waals surface area (Å²) in [7, 11) is 1.77. The molecule has 1 N–H and O–H groups in total. The lowest BCUT2D eigenvalue weighted by Crippen LogP contribution is -2.33. The van der Waals surface area contributed by atoms with Gasteiger partial charge in [0.1, 0.15) is 12.0 Å². The van der Waals surface area contributed by atoms with Crippen LogP contribution in [0.2, 0.25) is 0 Å². The standard InChI is InChI=1S/C19H15F5N4O2/c1-27-6-7-28(11-27)26-17(29)12-2-4-14(15(20)8-12)13-3-5-16(25-9-13)30-10-19(23,24)18(21)22/h2-9,11,18H,10H2,1H3/p+1. The highest BCUT2D eigenvalue weighted by atomic mass is 19.3. The van der Waals surface area contributed by atoms with E-state index >= 15 is 0 Å². The number of carbonyl (C=O) groups is 1. The third-order valence-corrected chi connectivity index (χ3v) is 4.01. The largest absolute Gasteiger partial charge is 0.471 e. The van der Waals surface area contributed by atoms with Gasteiger partial charge < -0.3 is 4.74 Å². The molecule has 0 saturated heterocycles. The van der Waals surface area contributed by atoms with Gasteiger partial charge in [-0.3, -0.25) is 4.79 Å². The number of aromatic nitrogens is 3. The minimum Gasteiger partial charge on any atom is -0.471 e. The summed E-state index contributed by atoms with van der Waals surface area (Å²) in [6.07, 6.45) is 2.21. The zero-order valence-electron chi connectivity index (χ0n) is 15.5. The highest BCUT2D eigenvalue weighted by Crippen LogP contribution is 2.26. The van der Waals surface area contributed by atoms with E-state index in [4.69, 9.17) is 0 Å². The van der Waals surface area contributed by atoms with Crippen molar-refractivity contribution < 1.29 is 36.1 Å². The van der Waals surface area contributed by atoms with E-state index in [1.165, 1.54) is 22.9 Å². The Morgan fingerprint density at radius 1 is 1.30 bits per heavy atom. The van der Waals surface area contributed by atoms with Crippen molar-refractivity contribution in [2.75, 3.05) is 12.0 Å². The van der Waals surface area contributed by atoms with Crippen molar-refractivity contribution in [1.82, 2.24) is 9.66 Å². The summed E-state index contributed by atoms with van der Waals surface area (Å²) in [5, 5.41) is 0. The summed E-state index contributed by atoms with van der Waals surface area (Å²) in [5.41, 5.74) is 3.02. The third kappa shape index (κ3) is 4.91. The minimum atomic E-state index is -4.30. The molecule has 0 spiro atoms. The molecule has 6 nitrogen and oxygen atoms in total. The molecule has 3 rings (SSSR count). The number of aryl methyl sites for hydroxylation is 1. The molecule has 2 aromatic heterocycles. The maximum atomic E-state index is 14.5. The van der Waals surface area contributed by atoms with Crippen LogP contribution in [0.1, 0.15) is 10.4 Å². The number of carbonyl (C=O) groups excluding carboxylic acids is 1. The molecule has 0 atom stereocenters. The van der Waals surface area contributed by atoms with E-state index in [2.05, 4.69) is 15.1 Å². The highest BCUT2D eigenvalue weighted by Gasteiger charge is 2.41. The van der Waals surface area contributed by atoms with Crippen molar-refractivity contribution >= 4 is 5.91 Å². The van der Waals surface area contributed by atoms with Crippen LogP contribution < -0.4 is 14.7 Å². The third-order valence-electron chi connectivity index (χ3n) is 4.01. The van der Waals surface area contributed by atoms with Crippen molar-refractivity contribution in [2.24, 2.45) is 7.05 Å². The lowest BCUT2D eigenvalue weighted by Gasteiger charge is -2.15. The molecule has 0 unspecified atom stereocenters. The molecule has 0 saturated carbocycles. The fraction of sp³-hybridized carbons (Fsp3) is 0.211. The fourth-order valence-corrected chi connectivity index (χ4v) is 2.45. The van der Waals surface area contributed by atoms with Crippen LogP contribution >= 0.6 is 0 Å². The molecular formula is C19H16F5N4O2+. The monoisotopic (exact) mass is 427 g/mol. The summed E-state index contributed by atoms with van der Waals surface area (Å²) in [4.78, 5) is 15.9. The van der Waals surface area contributed by atoms with Crippen LogP contribution in [0.5, 0.6) is 5.88 Å². The molecule has 1 amide bonds. The van der Waals surface area contributed by atoms with Crippen LogP contribution in [-0.2, 0) is 7.05 Å². The van der Waals surface area contributed by atoms with Crippen LogP contribution in [0.4, 0.5) is 22.0 Å². The number of rotatable bonds is 7. The van der Waals surface area contributed by atoms with Gasteiger partial charge in [-0.1, -0.05) is 6.07 Å². The second-order valence-corrected chi connectivity index (χ2v) is 6.36. The van der Waals surface area contributed by atoms with Gasteiger partial charge in [0.25, 0.3) is 12.2 Å². The molecule has 0 aliphatic rings. The zero-order valence-corrected chi connectivity index (χ0v) is 15.5. The van der Waals surface area contributed by atoms with Crippen LogP contribution in [0.25, 0.3) is 11.1 Å². The van der Waals surface area contributed by atoms with Gasteiger partial charge in [0.15, 0.2) is 12.8 Å². The Labute approximate surface area is 167 Å². The molecule has 0 bridgehead atoms. The Kier molecular flexibility index (Phi) is 5.99. The second-order valence-electron chi connectivity index (χ2n) is 6.36. The van der Waals surface area contributed by atoms with E-state index in [9.17, 15) is 26.7 Å². The van der Waals surface area contributed by atoms with E-state index in [0.29, 0.717) is 0 Å². The zero-order chi connectivity index (χ0) is 21.9. The highest BCUT2D eigenvalue weighted by molar-refractivity contribution is 6.00. The first kappa shape index (κ1) is 21.2. The van der Waals surface area contributed by atoms with Gasteiger partial charge in [-0.2, -0.15) is 14.2 Å². The van der Waals surface area contributed by atoms with Gasteiger partial charge >= 0.3 is 12.3 Å². The normalized spacial score (nSPS) is 11.6. The Morgan fingerprint density at radius 2 is 2.07 bits per heavy atom. The quantitative estimate of drug-likeness (QED) is 0.466. The maximum Gasteiger partial charge on any atom is 0.340 e. The summed E-state index contributed by atoms with van der Waals surface area (Å²) < 4.78 is 72.2. The number of imidazole rings is 1. The maximum absolute atomic E-state index is 14.5. The predicted molar refractivity (Wildman–Crippen MR) is 95.4 cm³/mol. The van der Waals surface area contributed by atoms with Crippen LogP contribution in [0.15, 0.2) is 55.2 Å². The fourth-order valence-electron chi connectivity index (χ4n) is 2.45. The molecule has 1 aromatic carbocycles. The number of nitrogens with one attached hydrogen (secondary N) is 1. The van der Waals surface area contributed by atoms with Gasteiger partial charge in [-0.05, 0) is 18.2 Å². The summed E-state index contributed by atoms with van der Waals surface area (Å²) in [6.45, 7) is -1.53. The number of halogens is 5. The Balaban J connectivity index is 1.69. The van der Waals surface area contributed by atoms with Gasteiger partial charge in [-0.25, -0.2) is 22.7 Å². The average Bonchev–Trinajstić information content (AvgIpc) is 3.11. The second kappa shape index (κ2) is 8.47. The van der Waals surface area contributed by atoms with E-state index in [-0.39, 0.29) is 22.6 Å². The van der Waals surface area contributed by atoms with E-state index in [1.807, 2.05) is 0 Å². The van der Waals surface area contributed by atoms with Crippen LogP contribution in [0, 0.1) is 5.82 Å². The molecule has 0 aliphatic heterocycles. The molecule has 11 heteroatoms. The first-order valence-corrected chi connectivity index (χ1v) is 8.55. The smallest absolute Gasteiger partial charge is 0.340 e. The molecule has 0 radical (unpaired) electrons. The molecule has 2 heterocycles. The number of nitrogens with zero attached hydrogens (tertiary/aromatic N) is 3. The topological polar surface area (TPSA) is 60.0 Å². The van der Waals surface area contributed by atoms with Gasteiger partial charge in [0.05, 0.1) is 7.05 Å². The lowest BCUT2D eigenvalue weighted by molar-refractivity contribution is -0.670. The number of alkyl halides is 4. The first-order chi connectivity index (χ1) is 14.2. The Hall–Kier alpha value is -3.50. The number of pyridine rings is 1. The number of benzene rings is 1. The van der Waals surface area contributed by atoms with Crippen molar-refractivity contribution in [3.63, 3.8) is 0 Å². The molecular weight excluding hydrogens is 411 g/mol. The van der Waals surface area contributed by atoms with Crippen molar-refractivity contribution in [2.45, 2.75) is 12.3 Å². The minimum absolute atomic E-state index is 0.0785. The Morgan fingerprint density at radius 3 is 2.63 bits per heavy atom. The van der Waals surface area contributed by atoms with E-state index < -0.39 is 30.7 Å². The van der Waals surface area contributed by atoms with Gasteiger partial charge in [0, 0.05) is 29.0 Å². The SMILES string of the molecule is C[n+]1ccn(NC(=O)c2ccc(-c3ccc(OCC(F)(F)C(F)F)nc3)c(F)c2)c1. The summed E-state index contributed by atoms with van der Waals surface area (Å²) in [6, 6.07) is 6.30. The number of hydrogen-bond donors (Lipinski definition) is 1. The van der Waals surface area contributed by atoms with Gasteiger partial charge in [-0.15, -0.1) is 4.68 Å². The Bertz CT molecular complexity index is 1040. The summed E-state index contributed by atoms with van der Waals surface area (Å²) >= 11 is 0. The van der Waals surface area contributed by atoms with Crippen LogP contribution in [-0.4, -0.2) is 34.5 Å². The average molecular weight is 427 g/mol. The number of ether oxygens (including phenoxy) is 1. The predicted octanol–water partition coefficient (Wildman–Crippen LogP) is 3.18. The number of amides is 1. The molecule has 3 aromatic rings. The molecule has 0 aliphatic carbocycles. The number of hydrogen-bond acceptors (Lipinski definition) is 3. The van der Waals surface area contributed by atoms with Crippen LogP contribution in [0.3, 0.4) is 0 Å². The molecule has 30 heavy (non-hydrogen) atoms. The van der Waals surface area contributed by atoms with Gasteiger partial charge in [0.2, 0.25) is 5.88 Å². The van der Waals surface area contributed by atoms with Crippen molar-refractivity contribution in [3.8, 4) is 17.0 Å². The van der Waals surface area contributed by atoms with Crippen molar-refractivity contribution in [3.05, 3.63) is 66.6 Å². The van der Waals surface area contributed by atoms with E-state index in [1.54, 1.807) is 30.3 Å². The first-order valence-electron chi connectivity index (χ1n) is 8.55. The molecule has 0 fully saturated rings.